The zero-order chi connectivity index (χ0) is 12.2. The number of carbonyl (C=O) groups excluding carboxylic acids is 1. The first-order valence-corrected chi connectivity index (χ1v) is 5.67. The Morgan fingerprint density at radius 1 is 1.47 bits per heavy atom. The van der Waals surface area contributed by atoms with Crippen molar-refractivity contribution in [3.8, 4) is 0 Å². The summed E-state index contributed by atoms with van der Waals surface area (Å²) in [5.41, 5.74) is 1.34. The van der Waals surface area contributed by atoms with E-state index >= 15 is 0 Å². The quantitative estimate of drug-likeness (QED) is 0.701. The summed E-state index contributed by atoms with van der Waals surface area (Å²) >= 11 is 5.24. The molecule has 2 heterocycles. The van der Waals surface area contributed by atoms with Crippen molar-refractivity contribution in [2.45, 2.75) is 12.0 Å². The van der Waals surface area contributed by atoms with Gasteiger partial charge in [-0.25, -0.2) is 0 Å². The van der Waals surface area contributed by atoms with Crippen LogP contribution < -0.4 is 0 Å². The van der Waals surface area contributed by atoms with Crippen molar-refractivity contribution in [3.63, 3.8) is 0 Å². The van der Waals surface area contributed by atoms with Crippen LogP contribution in [0.1, 0.15) is 15.9 Å². The molecule has 1 fully saturated rings. The largest absolute Gasteiger partial charge is 0.332 e. The Labute approximate surface area is 104 Å². The highest BCUT2D eigenvalue weighted by atomic mass is 32.1. The lowest BCUT2D eigenvalue weighted by Crippen LogP contribution is -2.44. The Bertz CT molecular complexity index is 530. The van der Waals surface area contributed by atoms with Crippen molar-refractivity contribution in [2.24, 2.45) is 0 Å². The summed E-state index contributed by atoms with van der Waals surface area (Å²) < 4.78 is 11.2. The fourth-order valence-corrected chi connectivity index (χ4v) is 2.71. The van der Waals surface area contributed by atoms with E-state index in [4.69, 9.17) is 21.7 Å². The number of ether oxygens (including phenoxy) is 2. The Morgan fingerprint density at radius 3 is 2.88 bits per heavy atom. The molecule has 2 aliphatic heterocycles. The summed E-state index contributed by atoms with van der Waals surface area (Å²) in [6.07, 6.45) is -0.704. The third kappa shape index (κ3) is 1.14. The number of Topliss-reactive ketones (excluding diaryl/α,β-unsaturated/α-hetero) is 1. The van der Waals surface area contributed by atoms with E-state index in [1.54, 1.807) is 25.1 Å². The van der Waals surface area contributed by atoms with E-state index in [1.807, 2.05) is 18.2 Å². The summed E-state index contributed by atoms with van der Waals surface area (Å²) in [5, 5.41) is 0. The lowest BCUT2D eigenvalue weighted by Gasteiger charge is -2.36. The van der Waals surface area contributed by atoms with Crippen molar-refractivity contribution in [2.75, 3.05) is 14.2 Å². The van der Waals surface area contributed by atoms with Crippen molar-refractivity contribution in [1.29, 1.82) is 0 Å². The molecule has 0 aliphatic carbocycles. The number of carbonyl (C=O) groups is 1. The Hall–Kier alpha value is -1.30. The second-order valence-corrected chi connectivity index (χ2v) is 4.51. The molecule has 1 aromatic rings. The molecule has 5 heteroatoms. The van der Waals surface area contributed by atoms with Crippen LogP contribution in [0.15, 0.2) is 24.3 Å². The molecule has 2 aliphatic rings. The van der Waals surface area contributed by atoms with Crippen LogP contribution in [-0.4, -0.2) is 35.9 Å². The Morgan fingerprint density at radius 2 is 2.18 bits per heavy atom. The number of likely N-dealkylation sites (N-methyl/N-ethyl adjacent to an activating group) is 1. The molecule has 88 valence electrons. The molecule has 0 amide bonds. The van der Waals surface area contributed by atoms with E-state index in [-0.39, 0.29) is 5.78 Å². The van der Waals surface area contributed by atoms with Gasteiger partial charge in [-0.1, -0.05) is 36.5 Å². The van der Waals surface area contributed by atoms with E-state index in [0.29, 0.717) is 16.1 Å². The number of benzene rings is 1. The number of thiocarbonyl (C=S) groups is 1. The van der Waals surface area contributed by atoms with Gasteiger partial charge in [0, 0.05) is 25.3 Å². The van der Waals surface area contributed by atoms with Gasteiger partial charge in [-0.05, 0) is 0 Å². The van der Waals surface area contributed by atoms with Gasteiger partial charge in [-0.3, -0.25) is 4.79 Å². The summed E-state index contributed by atoms with van der Waals surface area (Å²) in [6, 6.07) is 7.29. The third-order valence-corrected chi connectivity index (χ3v) is 3.81. The molecule has 0 N–H and O–H groups in total. The zero-order valence-electron chi connectivity index (χ0n) is 9.47. The van der Waals surface area contributed by atoms with Gasteiger partial charge >= 0.3 is 0 Å². The van der Waals surface area contributed by atoms with E-state index in [9.17, 15) is 4.79 Å². The second-order valence-electron chi connectivity index (χ2n) is 4.09. The third-order valence-electron chi connectivity index (χ3n) is 3.32. The Balaban J connectivity index is 2.31. The lowest BCUT2D eigenvalue weighted by molar-refractivity contribution is -0.274. The van der Waals surface area contributed by atoms with Crippen molar-refractivity contribution >= 4 is 23.0 Å². The minimum Gasteiger partial charge on any atom is -0.332 e. The van der Waals surface area contributed by atoms with Crippen molar-refractivity contribution < 1.29 is 14.3 Å². The fourth-order valence-electron chi connectivity index (χ4n) is 2.43. The number of ketones is 1. The maximum Gasteiger partial charge on any atom is 0.282 e. The topological polar surface area (TPSA) is 38.8 Å². The van der Waals surface area contributed by atoms with Crippen LogP contribution in [-0.2, 0) is 15.4 Å². The first kappa shape index (κ1) is 10.8. The molecule has 2 bridgehead atoms. The van der Waals surface area contributed by atoms with E-state index < -0.39 is 12.0 Å². The number of nitrogens with zero attached hydrogens (tertiary/aromatic N) is 1. The van der Waals surface area contributed by atoms with Crippen LogP contribution in [0.3, 0.4) is 0 Å². The summed E-state index contributed by atoms with van der Waals surface area (Å²) in [7, 11) is 3.33. The molecular weight excluding hydrogens is 238 g/mol. The van der Waals surface area contributed by atoms with Gasteiger partial charge in [0.15, 0.2) is 11.9 Å². The smallest absolute Gasteiger partial charge is 0.282 e. The molecule has 0 spiro atoms. The maximum absolute atomic E-state index is 12.2. The van der Waals surface area contributed by atoms with Crippen LogP contribution in [0.5, 0.6) is 0 Å². The molecule has 3 rings (SSSR count). The van der Waals surface area contributed by atoms with Gasteiger partial charge in [-0.15, -0.1) is 0 Å². The standard InChI is InChI=1S/C12H11NO3S/c1-13-11(17)10-9(14)7-5-3-4-6-8(7)12(13,15-2)16-10/h3-6,10H,1-2H3. The highest BCUT2D eigenvalue weighted by Gasteiger charge is 2.57. The number of methoxy groups -OCH3 is 1. The fraction of sp³-hybridized carbons (Fsp3) is 0.333. The number of hydrogen-bond donors (Lipinski definition) is 0. The Kier molecular flexibility index (Phi) is 2.13. The second kappa shape index (κ2) is 3.35. The molecule has 0 aromatic heterocycles. The van der Waals surface area contributed by atoms with Gasteiger partial charge in [0.25, 0.3) is 5.91 Å². The number of hydrogen-bond acceptors (Lipinski definition) is 4. The van der Waals surface area contributed by atoms with E-state index in [0.717, 1.165) is 0 Å². The average Bonchev–Trinajstić information content (AvgIpc) is 2.60. The molecule has 4 nitrogen and oxygen atoms in total. The van der Waals surface area contributed by atoms with Crippen molar-refractivity contribution in [3.05, 3.63) is 35.4 Å². The van der Waals surface area contributed by atoms with Crippen LogP contribution in [0.25, 0.3) is 0 Å². The average molecular weight is 249 g/mol. The van der Waals surface area contributed by atoms with E-state index in [1.165, 1.54) is 0 Å². The molecule has 0 saturated carbocycles. The highest BCUT2D eigenvalue weighted by molar-refractivity contribution is 7.80. The minimum atomic E-state index is -1.05. The first-order valence-electron chi connectivity index (χ1n) is 5.26. The van der Waals surface area contributed by atoms with Crippen LogP contribution in [0.4, 0.5) is 0 Å². The first-order chi connectivity index (χ1) is 8.12. The zero-order valence-corrected chi connectivity index (χ0v) is 10.3. The van der Waals surface area contributed by atoms with Gasteiger partial charge < -0.3 is 14.4 Å². The van der Waals surface area contributed by atoms with Gasteiger partial charge in [0.05, 0.1) is 0 Å². The number of rotatable bonds is 1. The molecular formula is C12H11NO3S. The molecule has 0 radical (unpaired) electrons. The molecule has 2 unspecified atom stereocenters. The van der Waals surface area contributed by atoms with Gasteiger partial charge in [0.2, 0.25) is 0 Å². The SMILES string of the molecule is COC12OC(C(=O)c3ccccc31)C(=S)N2C. The van der Waals surface area contributed by atoms with Gasteiger partial charge in [0.1, 0.15) is 4.99 Å². The highest BCUT2D eigenvalue weighted by Crippen LogP contribution is 2.44. The lowest BCUT2D eigenvalue weighted by atomic mass is 9.97. The predicted molar refractivity (Wildman–Crippen MR) is 64.7 cm³/mol. The minimum absolute atomic E-state index is 0.0948. The van der Waals surface area contributed by atoms with Gasteiger partial charge in [-0.2, -0.15) is 0 Å². The predicted octanol–water partition coefficient (Wildman–Crippen LogP) is 1.30. The molecule has 17 heavy (non-hydrogen) atoms. The monoisotopic (exact) mass is 249 g/mol. The number of fused-ring (bicyclic) bond motifs is 4. The molecule has 2 atom stereocenters. The van der Waals surface area contributed by atoms with E-state index in [2.05, 4.69) is 0 Å². The molecule has 1 saturated heterocycles. The summed E-state index contributed by atoms with van der Waals surface area (Å²) in [6.45, 7) is 0. The normalized spacial score (nSPS) is 30.7. The van der Waals surface area contributed by atoms with Crippen LogP contribution in [0.2, 0.25) is 0 Å². The summed E-state index contributed by atoms with van der Waals surface area (Å²) in [4.78, 5) is 14.4. The van der Waals surface area contributed by atoms with Crippen molar-refractivity contribution in [1.82, 2.24) is 4.90 Å². The van der Waals surface area contributed by atoms with Crippen LogP contribution in [0, 0.1) is 0 Å². The molecule has 1 aromatic carbocycles. The maximum atomic E-state index is 12.2. The van der Waals surface area contributed by atoms with Crippen LogP contribution >= 0.6 is 12.2 Å². The summed E-state index contributed by atoms with van der Waals surface area (Å²) in [5.74, 6) is -1.14.